The zero-order chi connectivity index (χ0) is 31.0. The van der Waals surface area contributed by atoms with E-state index in [1.54, 1.807) is 0 Å². The Bertz CT molecular complexity index is 2370. The minimum absolute atomic E-state index is 0.708. The normalized spacial score (nSPS) is 11.3. The highest BCUT2D eigenvalue weighted by atomic mass is 14.9. The molecule has 0 saturated heterocycles. The predicted octanol–water partition coefficient (Wildman–Crippen LogP) is 10.5. The Morgan fingerprint density at radius 3 is 1.59 bits per heavy atom. The van der Waals surface area contributed by atoms with Gasteiger partial charge in [0.05, 0.1) is 22.4 Å². The fraction of sp³-hybridized carbons (Fsp3) is 0.0476. The second kappa shape index (κ2) is 11.5. The number of para-hydroxylation sites is 1. The highest BCUT2D eigenvalue weighted by molar-refractivity contribution is 6.04. The second-order valence-electron chi connectivity index (χ2n) is 11.6. The summed E-state index contributed by atoms with van der Waals surface area (Å²) in [6.07, 6.45) is 0. The SMILES string of the molecule is Cc1cccc2c(-c3cccc(-c4ccc(C)c5c(-c6ccccc6)nc(-c6ccccc6)nc45)c3)nc(-c3ccccc3)nc12. The maximum absolute atomic E-state index is 5.25. The summed E-state index contributed by atoms with van der Waals surface area (Å²) in [6, 6.07) is 50.1. The van der Waals surface area contributed by atoms with Gasteiger partial charge in [-0.25, -0.2) is 19.9 Å². The van der Waals surface area contributed by atoms with Crippen molar-refractivity contribution in [3.63, 3.8) is 0 Å². The zero-order valence-corrected chi connectivity index (χ0v) is 25.6. The first-order valence-corrected chi connectivity index (χ1v) is 15.5. The minimum atomic E-state index is 0.708. The molecule has 218 valence electrons. The van der Waals surface area contributed by atoms with Crippen LogP contribution in [-0.4, -0.2) is 19.9 Å². The summed E-state index contributed by atoms with van der Waals surface area (Å²) in [7, 11) is 0. The molecule has 0 spiro atoms. The maximum Gasteiger partial charge on any atom is 0.160 e. The van der Waals surface area contributed by atoms with Crippen LogP contribution in [-0.2, 0) is 0 Å². The summed E-state index contributed by atoms with van der Waals surface area (Å²) in [5, 5.41) is 2.09. The lowest BCUT2D eigenvalue weighted by Gasteiger charge is -2.16. The van der Waals surface area contributed by atoms with Crippen molar-refractivity contribution in [1.82, 2.24) is 19.9 Å². The fourth-order valence-corrected chi connectivity index (χ4v) is 6.22. The average Bonchev–Trinajstić information content (AvgIpc) is 3.12. The zero-order valence-electron chi connectivity index (χ0n) is 25.6. The van der Waals surface area contributed by atoms with Gasteiger partial charge in [0.15, 0.2) is 11.6 Å². The van der Waals surface area contributed by atoms with Gasteiger partial charge in [-0.05, 0) is 36.6 Å². The Kier molecular flexibility index (Phi) is 6.88. The molecule has 0 aliphatic rings. The van der Waals surface area contributed by atoms with E-state index in [2.05, 4.69) is 117 Å². The smallest absolute Gasteiger partial charge is 0.160 e. The molecule has 0 atom stereocenters. The Morgan fingerprint density at radius 2 is 0.913 bits per heavy atom. The van der Waals surface area contributed by atoms with E-state index >= 15 is 0 Å². The lowest BCUT2D eigenvalue weighted by molar-refractivity contribution is 1.22. The molecule has 0 radical (unpaired) electrons. The molecule has 4 nitrogen and oxygen atoms in total. The standard InChI is InChI=1S/C42H30N4/c1-27-24-25-34(40-36(27)39(29-15-6-3-7-16-29)45-42(46-40)31-19-10-5-11-20-31)32-21-13-22-33(26-32)38-35-23-12-14-28(2)37(35)43-41(44-38)30-17-8-4-9-18-30/h3-26H,1-2H3. The molecule has 8 aromatic rings. The minimum Gasteiger partial charge on any atom is -0.228 e. The third kappa shape index (κ3) is 4.90. The number of rotatable bonds is 5. The molecule has 46 heavy (non-hydrogen) atoms. The highest BCUT2D eigenvalue weighted by Gasteiger charge is 2.18. The van der Waals surface area contributed by atoms with E-state index in [0.717, 1.165) is 83.5 Å². The molecule has 8 rings (SSSR count). The summed E-state index contributed by atoms with van der Waals surface area (Å²) < 4.78 is 0. The van der Waals surface area contributed by atoms with E-state index in [4.69, 9.17) is 19.9 Å². The molecule has 0 unspecified atom stereocenters. The van der Waals surface area contributed by atoms with Crippen LogP contribution in [0.1, 0.15) is 11.1 Å². The number of aryl methyl sites for hydroxylation is 2. The topological polar surface area (TPSA) is 51.6 Å². The lowest BCUT2D eigenvalue weighted by atomic mass is 9.94. The van der Waals surface area contributed by atoms with Crippen molar-refractivity contribution in [2.24, 2.45) is 0 Å². The van der Waals surface area contributed by atoms with Crippen molar-refractivity contribution < 1.29 is 0 Å². The fourth-order valence-electron chi connectivity index (χ4n) is 6.22. The first kappa shape index (κ1) is 27.5. The van der Waals surface area contributed by atoms with Crippen LogP contribution in [0.15, 0.2) is 146 Å². The van der Waals surface area contributed by atoms with Crippen LogP contribution in [0.3, 0.4) is 0 Å². The Labute approximate surface area is 268 Å². The van der Waals surface area contributed by atoms with Gasteiger partial charge in [0.2, 0.25) is 0 Å². The van der Waals surface area contributed by atoms with E-state index in [9.17, 15) is 0 Å². The van der Waals surface area contributed by atoms with Crippen LogP contribution >= 0.6 is 0 Å². The summed E-state index contributed by atoms with van der Waals surface area (Å²) in [5.41, 5.74) is 12.2. The Balaban J connectivity index is 1.37. The van der Waals surface area contributed by atoms with Gasteiger partial charge in [0.25, 0.3) is 0 Å². The molecule has 0 aliphatic heterocycles. The summed E-state index contributed by atoms with van der Waals surface area (Å²) in [4.78, 5) is 20.6. The quantitative estimate of drug-likeness (QED) is 0.200. The molecule has 0 aliphatic carbocycles. The number of aromatic nitrogens is 4. The number of benzene rings is 6. The monoisotopic (exact) mass is 590 g/mol. The van der Waals surface area contributed by atoms with Crippen molar-refractivity contribution in [3.8, 4) is 56.4 Å². The molecule has 0 fully saturated rings. The van der Waals surface area contributed by atoms with Crippen LogP contribution in [0.2, 0.25) is 0 Å². The molecule has 6 aromatic carbocycles. The predicted molar refractivity (Wildman–Crippen MR) is 189 cm³/mol. The van der Waals surface area contributed by atoms with Crippen molar-refractivity contribution >= 4 is 21.8 Å². The van der Waals surface area contributed by atoms with Gasteiger partial charge in [-0.2, -0.15) is 0 Å². The third-order valence-electron chi connectivity index (χ3n) is 8.54. The second-order valence-corrected chi connectivity index (χ2v) is 11.6. The molecule has 4 heteroatoms. The van der Waals surface area contributed by atoms with E-state index in [0.29, 0.717) is 5.82 Å². The van der Waals surface area contributed by atoms with Crippen molar-refractivity contribution in [1.29, 1.82) is 0 Å². The van der Waals surface area contributed by atoms with Crippen LogP contribution in [0.25, 0.3) is 78.2 Å². The van der Waals surface area contributed by atoms with Crippen molar-refractivity contribution in [3.05, 3.63) is 157 Å². The highest BCUT2D eigenvalue weighted by Crippen LogP contribution is 2.38. The van der Waals surface area contributed by atoms with Gasteiger partial charge in [-0.1, -0.05) is 140 Å². The van der Waals surface area contributed by atoms with Crippen molar-refractivity contribution in [2.75, 3.05) is 0 Å². The molecule has 0 amide bonds. The van der Waals surface area contributed by atoms with E-state index in [1.165, 1.54) is 0 Å². The molecule has 2 aromatic heterocycles. The van der Waals surface area contributed by atoms with Gasteiger partial charge >= 0.3 is 0 Å². The van der Waals surface area contributed by atoms with Crippen LogP contribution in [0.4, 0.5) is 0 Å². The molecular weight excluding hydrogens is 560 g/mol. The van der Waals surface area contributed by atoms with Gasteiger partial charge in [-0.3, -0.25) is 0 Å². The van der Waals surface area contributed by atoms with Crippen LogP contribution in [0, 0.1) is 13.8 Å². The molecule has 2 heterocycles. The Morgan fingerprint density at radius 1 is 0.370 bits per heavy atom. The number of nitrogens with zero attached hydrogens (tertiary/aromatic N) is 4. The molecule has 0 bridgehead atoms. The number of fused-ring (bicyclic) bond motifs is 2. The van der Waals surface area contributed by atoms with Crippen LogP contribution < -0.4 is 0 Å². The average molecular weight is 591 g/mol. The van der Waals surface area contributed by atoms with Gasteiger partial charge < -0.3 is 0 Å². The van der Waals surface area contributed by atoms with Gasteiger partial charge in [0, 0.05) is 38.6 Å². The van der Waals surface area contributed by atoms with Crippen molar-refractivity contribution in [2.45, 2.75) is 13.8 Å². The van der Waals surface area contributed by atoms with Gasteiger partial charge in [-0.15, -0.1) is 0 Å². The first-order valence-electron chi connectivity index (χ1n) is 15.5. The molecular formula is C42H30N4. The van der Waals surface area contributed by atoms with E-state index < -0.39 is 0 Å². The maximum atomic E-state index is 5.25. The summed E-state index contributed by atoms with van der Waals surface area (Å²) in [5.74, 6) is 1.43. The largest absolute Gasteiger partial charge is 0.228 e. The first-order chi connectivity index (χ1) is 22.6. The van der Waals surface area contributed by atoms with E-state index in [-0.39, 0.29) is 0 Å². The lowest BCUT2D eigenvalue weighted by Crippen LogP contribution is -1.99. The number of hydrogen-bond donors (Lipinski definition) is 0. The molecule has 0 saturated carbocycles. The summed E-state index contributed by atoms with van der Waals surface area (Å²) >= 11 is 0. The molecule has 0 N–H and O–H groups in total. The van der Waals surface area contributed by atoms with Gasteiger partial charge in [0.1, 0.15) is 0 Å². The summed E-state index contributed by atoms with van der Waals surface area (Å²) in [6.45, 7) is 4.25. The Hall–Kier alpha value is -6.00. The van der Waals surface area contributed by atoms with Crippen LogP contribution in [0.5, 0.6) is 0 Å². The third-order valence-corrected chi connectivity index (χ3v) is 8.54. The van der Waals surface area contributed by atoms with E-state index in [1.807, 2.05) is 42.5 Å². The number of hydrogen-bond acceptors (Lipinski definition) is 4.